The first-order valence-corrected chi connectivity index (χ1v) is 11.9. The summed E-state index contributed by atoms with van der Waals surface area (Å²) in [6, 6.07) is 10.8. The van der Waals surface area contributed by atoms with Gasteiger partial charge in [-0.25, -0.2) is 0 Å². The topological polar surface area (TPSA) is 42.9 Å². The maximum atomic E-state index is 4.35. The Hall–Kier alpha value is -1.24. The lowest BCUT2D eigenvalue weighted by Crippen LogP contribution is -2.46. The van der Waals surface area contributed by atoms with Crippen molar-refractivity contribution < 1.29 is 0 Å². The first-order chi connectivity index (χ1) is 13.8. The van der Waals surface area contributed by atoms with Crippen molar-refractivity contribution in [3.05, 3.63) is 35.9 Å². The standard InChI is InChI=1S/C22H37N5S/c1-23-22(25-18-21-10-7-17-28-21)24-11-5-6-12-26-13-15-27(16-14-26)19-20-8-3-2-4-9-20/h2-4,8-9,21H,5-7,10-19H2,1H3,(H2,23,24,25). The van der Waals surface area contributed by atoms with Crippen LogP contribution >= 0.6 is 11.8 Å². The third kappa shape index (κ3) is 7.64. The fraction of sp³-hybridized carbons (Fsp3) is 0.682. The van der Waals surface area contributed by atoms with Crippen LogP contribution in [-0.4, -0.2) is 79.6 Å². The molecule has 1 aromatic carbocycles. The van der Waals surface area contributed by atoms with Gasteiger partial charge in [-0.05, 0) is 43.5 Å². The number of thioether (sulfide) groups is 1. The monoisotopic (exact) mass is 403 g/mol. The zero-order valence-electron chi connectivity index (χ0n) is 17.4. The second-order valence-corrected chi connectivity index (χ2v) is 9.23. The van der Waals surface area contributed by atoms with Gasteiger partial charge in [0.1, 0.15) is 0 Å². The lowest BCUT2D eigenvalue weighted by atomic mass is 10.2. The Morgan fingerprint density at radius 2 is 1.86 bits per heavy atom. The van der Waals surface area contributed by atoms with Gasteiger partial charge in [0.05, 0.1) is 0 Å². The number of nitrogens with zero attached hydrogens (tertiary/aromatic N) is 3. The molecule has 156 valence electrons. The van der Waals surface area contributed by atoms with Crippen LogP contribution in [0.25, 0.3) is 0 Å². The zero-order valence-corrected chi connectivity index (χ0v) is 18.2. The number of nitrogens with one attached hydrogen (secondary N) is 2. The number of aliphatic imine (C=N–C) groups is 1. The quantitative estimate of drug-likeness (QED) is 0.377. The average molecular weight is 404 g/mol. The molecular formula is C22H37N5S. The molecule has 0 aromatic heterocycles. The van der Waals surface area contributed by atoms with Crippen LogP contribution in [0.1, 0.15) is 31.2 Å². The van der Waals surface area contributed by atoms with Gasteiger partial charge < -0.3 is 15.5 Å². The molecule has 0 amide bonds. The highest BCUT2D eigenvalue weighted by atomic mass is 32.2. The van der Waals surface area contributed by atoms with Gasteiger partial charge in [0, 0.05) is 58.1 Å². The summed E-state index contributed by atoms with van der Waals surface area (Å²) in [7, 11) is 1.87. The molecule has 2 aliphatic rings. The predicted molar refractivity (Wildman–Crippen MR) is 122 cm³/mol. The number of rotatable bonds is 9. The molecule has 0 spiro atoms. The van der Waals surface area contributed by atoms with Crippen molar-refractivity contribution >= 4 is 17.7 Å². The molecule has 2 fully saturated rings. The van der Waals surface area contributed by atoms with Crippen molar-refractivity contribution in [1.29, 1.82) is 0 Å². The van der Waals surface area contributed by atoms with E-state index >= 15 is 0 Å². The second kappa shape index (κ2) is 12.3. The highest BCUT2D eigenvalue weighted by Gasteiger charge is 2.17. The summed E-state index contributed by atoms with van der Waals surface area (Å²) in [5.74, 6) is 2.28. The molecule has 0 radical (unpaired) electrons. The molecule has 2 aliphatic heterocycles. The number of hydrogen-bond donors (Lipinski definition) is 2. The average Bonchev–Trinajstić information content (AvgIpc) is 3.26. The Kier molecular flexibility index (Phi) is 9.47. The van der Waals surface area contributed by atoms with Gasteiger partial charge in [-0.15, -0.1) is 0 Å². The van der Waals surface area contributed by atoms with Crippen molar-refractivity contribution in [2.75, 3.05) is 58.6 Å². The maximum absolute atomic E-state index is 4.35. The molecule has 0 bridgehead atoms. The Morgan fingerprint density at radius 1 is 1.07 bits per heavy atom. The number of guanidine groups is 1. The lowest BCUT2D eigenvalue weighted by Gasteiger charge is -2.34. The summed E-state index contributed by atoms with van der Waals surface area (Å²) < 4.78 is 0. The molecule has 1 unspecified atom stereocenters. The van der Waals surface area contributed by atoms with Gasteiger partial charge in [0.2, 0.25) is 0 Å². The molecule has 2 saturated heterocycles. The van der Waals surface area contributed by atoms with Crippen LogP contribution in [-0.2, 0) is 6.54 Å². The minimum absolute atomic E-state index is 0.763. The van der Waals surface area contributed by atoms with Gasteiger partial charge in [0.25, 0.3) is 0 Å². The third-order valence-corrected chi connectivity index (χ3v) is 7.05. The number of hydrogen-bond acceptors (Lipinski definition) is 4. The minimum atomic E-state index is 0.763. The van der Waals surface area contributed by atoms with Crippen LogP contribution in [0.2, 0.25) is 0 Å². The fourth-order valence-electron chi connectivity index (χ4n) is 3.92. The summed E-state index contributed by atoms with van der Waals surface area (Å²) in [4.78, 5) is 9.54. The van der Waals surface area contributed by atoms with E-state index in [9.17, 15) is 0 Å². The van der Waals surface area contributed by atoms with Gasteiger partial charge in [0.15, 0.2) is 5.96 Å². The third-order valence-electron chi connectivity index (χ3n) is 5.65. The van der Waals surface area contributed by atoms with Crippen LogP contribution in [0.15, 0.2) is 35.3 Å². The minimum Gasteiger partial charge on any atom is -0.356 e. The fourth-order valence-corrected chi connectivity index (χ4v) is 5.12. The van der Waals surface area contributed by atoms with Crippen LogP contribution < -0.4 is 10.6 Å². The van der Waals surface area contributed by atoms with Crippen LogP contribution in [0, 0.1) is 0 Å². The Labute approximate surface area is 175 Å². The van der Waals surface area contributed by atoms with E-state index in [1.807, 2.05) is 7.05 Å². The van der Waals surface area contributed by atoms with E-state index in [2.05, 4.69) is 67.5 Å². The van der Waals surface area contributed by atoms with E-state index < -0.39 is 0 Å². The van der Waals surface area contributed by atoms with E-state index in [-0.39, 0.29) is 0 Å². The molecule has 0 aliphatic carbocycles. The van der Waals surface area contributed by atoms with Crippen LogP contribution in [0.5, 0.6) is 0 Å². The largest absolute Gasteiger partial charge is 0.356 e. The Balaban J connectivity index is 1.21. The van der Waals surface area contributed by atoms with E-state index in [1.54, 1.807) is 0 Å². The summed E-state index contributed by atoms with van der Waals surface area (Å²) in [5.41, 5.74) is 1.43. The number of benzene rings is 1. The molecule has 1 atom stereocenters. The van der Waals surface area contributed by atoms with Crippen molar-refractivity contribution in [3.63, 3.8) is 0 Å². The molecule has 3 rings (SSSR count). The molecular weight excluding hydrogens is 366 g/mol. The SMILES string of the molecule is CN=C(NCCCCN1CCN(Cc2ccccc2)CC1)NCC1CCCS1. The normalized spacial score (nSPS) is 21.8. The summed E-state index contributed by atoms with van der Waals surface area (Å²) >= 11 is 2.09. The zero-order chi connectivity index (χ0) is 19.4. The molecule has 5 nitrogen and oxygen atoms in total. The number of piperazine rings is 1. The van der Waals surface area contributed by atoms with Crippen molar-refractivity contribution in [3.8, 4) is 0 Å². The van der Waals surface area contributed by atoms with Gasteiger partial charge >= 0.3 is 0 Å². The van der Waals surface area contributed by atoms with E-state index in [1.165, 1.54) is 69.7 Å². The summed E-state index contributed by atoms with van der Waals surface area (Å²) in [6.45, 7) is 9.11. The van der Waals surface area contributed by atoms with Crippen molar-refractivity contribution in [1.82, 2.24) is 20.4 Å². The van der Waals surface area contributed by atoms with Crippen molar-refractivity contribution in [2.45, 2.75) is 37.5 Å². The van der Waals surface area contributed by atoms with Gasteiger partial charge in [-0.3, -0.25) is 9.89 Å². The van der Waals surface area contributed by atoms with E-state index in [0.717, 1.165) is 30.8 Å². The Bertz CT molecular complexity index is 566. The van der Waals surface area contributed by atoms with Gasteiger partial charge in [-0.2, -0.15) is 11.8 Å². The molecule has 0 saturated carbocycles. The summed E-state index contributed by atoms with van der Waals surface area (Å²) in [6.07, 6.45) is 5.15. The molecule has 28 heavy (non-hydrogen) atoms. The van der Waals surface area contributed by atoms with Crippen LogP contribution in [0.4, 0.5) is 0 Å². The maximum Gasteiger partial charge on any atom is 0.191 e. The molecule has 2 heterocycles. The van der Waals surface area contributed by atoms with E-state index in [4.69, 9.17) is 0 Å². The lowest BCUT2D eigenvalue weighted by molar-refractivity contribution is 0.126. The van der Waals surface area contributed by atoms with E-state index in [0.29, 0.717) is 0 Å². The first kappa shape index (κ1) is 21.5. The van der Waals surface area contributed by atoms with Crippen LogP contribution in [0.3, 0.4) is 0 Å². The Morgan fingerprint density at radius 3 is 2.57 bits per heavy atom. The molecule has 6 heteroatoms. The smallest absolute Gasteiger partial charge is 0.191 e. The number of unbranched alkanes of at least 4 members (excludes halogenated alkanes) is 1. The van der Waals surface area contributed by atoms with Gasteiger partial charge in [-0.1, -0.05) is 30.3 Å². The predicted octanol–water partition coefficient (Wildman–Crippen LogP) is 2.64. The molecule has 2 N–H and O–H groups in total. The summed E-state index contributed by atoms with van der Waals surface area (Å²) in [5, 5.41) is 7.71. The highest BCUT2D eigenvalue weighted by Crippen LogP contribution is 2.25. The first-order valence-electron chi connectivity index (χ1n) is 10.9. The molecule has 1 aromatic rings. The second-order valence-electron chi connectivity index (χ2n) is 7.83. The highest BCUT2D eigenvalue weighted by molar-refractivity contribution is 8.00. The van der Waals surface area contributed by atoms with Crippen molar-refractivity contribution in [2.24, 2.45) is 4.99 Å².